The van der Waals surface area contributed by atoms with E-state index in [1.54, 1.807) is 0 Å². The van der Waals surface area contributed by atoms with E-state index in [-0.39, 0.29) is 32.0 Å². The number of carbonyl (C=O) groups is 2. The summed E-state index contributed by atoms with van der Waals surface area (Å²) in [6, 6.07) is 0. The number of esters is 2. The molecule has 0 heterocycles. The van der Waals surface area contributed by atoms with Crippen LogP contribution in [0.1, 0.15) is 476 Å². The fourth-order valence-corrected chi connectivity index (χ4v) is 14.3. The van der Waals surface area contributed by atoms with E-state index in [0.717, 1.165) is 32.1 Å². The van der Waals surface area contributed by atoms with E-state index in [0.29, 0.717) is 17.4 Å². The quantitative estimate of drug-likeness (QED) is 0.0256. The Balaban J connectivity index is 3.85. The molecule has 94 heavy (non-hydrogen) atoms. The van der Waals surface area contributed by atoms with Crippen molar-refractivity contribution >= 4 is 19.8 Å². The summed E-state index contributed by atoms with van der Waals surface area (Å²) in [6.07, 6.45) is 95.5. The Morgan fingerprint density at radius 3 is 0.681 bits per heavy atom. The van der Waals surface area contributed by atoms with Crippen LogP contribution in [0.15, 0.2) is 0 Å². The number of nitrogens with zero attached hydrogens (tertiary/aromatic N) is 1. The molecule has 0 N–H and O–H groups in total. The molecular formula is C84H168NO8P. The molecule has 1 unspecified atom stereocenters. The van der Waals surface area contributed by atoms with Crippen molar-refractivity contribution in [2.75, 3.05) is 47.5 Å². The highest BCUT2D eigenvalue weighted by molar-refractivity contribution is 7.45. The maximum Gasteiger partial charge on any atom is 0.306 e. The molecule has 0 saturated carbocycles. The van der Waals surface area contributed by atoms with Crippen molar-refractivity contribution in [3.05, 3.63) is 0 Å². The molecule has 562 valence electrons. The zero-order valence-electron chi connectivity index (χ0n) is 64.5. The summed E-state index contributed by atoms with van der Waals surface area (Å²) in [7, 11) is 1.20. The number of unbranched alkanes of at least 4 members (excludes halogenated alkanes) is 68. The first-order chi connectivity index (χ1) is 46.0. The molecule has 10 heteroatoms. The monoisotopic (exact) mass is 1350 g/mol. The highest BCUT2D eigenvalue weighted by Gasteiger charge is 2.22. The molecule has 0 aromatic carbocycles. The minimum atomic E-state index is -4.64. The van der Waals surface area contributed by atoms with Crippen LogP contribution >= 0.6 is 7.82 Å². The number of hydrogen-bond donors (Lipinski definition) is 0. The van der Waals surface area contributed by atoms with Crippen molar-refractivity contribution in [2.45, 2.75) is 482 Å². The SMILES string of the molecule is CCCCCCCCCCCCCCCCCCCCCCCCCCCCCCCCCCCCCC(=O)OC[C@H](COP(=O)([O-])OCC[N+](C)(C)C)OC(=O)CCCCCCCCCCCCCCCCCCCCCCCCCCCCCCCCCCCCC. The van der Waals surface area contributed by atoms with E-state index in [4.69, 9.17) is 18.5 Å². The van der Waals surface area contributed by atoms with Crippen LogP contribution in [0, 0.1) is 0 Å². The van der Waals surface area contributed by atoms with Crippen LogP contribution in [0.3, 0.4) is 0 Å². The number of phosphoric ester groups is 1. The maximum absolute atomic E-state index is 12.9. The van der Waals surface area contributed by atoms with Crippen LogP contribution in [0.5, 0.6) is 0 Å². The predicted octanol–water partition coefficient (Wildman–Crippen LogP) is 27.8. The molecule has 0 spiro atoms. The van der Waals surface area contributed by atoms with Gasteiger partial charge in [-0.05, 0) is 12.8 Å². The van der Waals surface area contributed by atoms with E-state index < -0.39 is 26.5 Å². The van der Waals surface area contributed by atoms with Gasteiger partial charge in [-0.25, -0.2) is 0 Å². The molecule has 0 amide bonds. The molecule has 2 atom stereocenters. The minimum absolute atomic E-state index is 0.0246. The van der Waals surface area contributed by atoms with Crippen LogP contribution in [-0.4, -0.2) is 70.0 Å². The third-order valence-electron chi connectivity index (χ3n) is 20.1. The summed E-state index contributed by atoms with van der Waals surface area (Å²) in [4.78, 5) is 38.2. The first-order valence-electron chi connectivity index (χ1n) is 42.7. The molecule has 0 bridgehead atoms. The van der Waals surface area contributed by atoms with Crippen LogP contribution < -0.4 is 4.89 Å². The molecule has 0 saturated heterocycles. The van der Waals surface area contributed by atoms with E-state index in [1.807, 2.05) is 21.1 Å². The van der Waals surface area contributed by atoms with Crippen molar-refractivity contribution in [1.82, 2.24) is 0 Å². The van der Waals surface area contributed by atoms with Crippen molar-refractivity contribution in [3.8, 4) is 0 Å². The molecule has 0 aromatic heterocycles. The maximum atomic E-state index is 12.9. The van der Waals surface area contributed by atoms with Gasteiger partial charge in [-0.15, -0.1) is 0 Å². The van der Waals surface area contributed by atoms with E-state index in [9.17, 15) is 19.0 Å². The smallest absolute Gasteiger partial charge is 0.306 e. The summed E-state index contributed by atoms with van der Waals surface area (Å²) < 4.78 is 34.5. The third kappa shape index (κ3) is 80.0. The summed E-state index contributed by atoms with van der Waals surface area (Å²) >= 11 is 0. The lowest BCUT2D eigenvalue weighted by molar-refractivity contribution is -0.870. The summed E-state index contributed by atoms with van der Waals surface area (Å²) in [5, 5.41) is 0. The van der Waals surface area contributed by atoms with Gasteiger partial charge in [0.1, 0.15) is 19.8 Å². The van der Waals surface area contributed by atoms with Crippen LogP contribution in [0.2, 0.25) is 0 Å². The van der Waals surface area contributed by atoms with Gasteiger partial charge in [0, 0.05) is 12.8 Å². The molecule has 0 aromatic rings. The third-order valence-corrected chi connectivity index (χ3v) is 21.1. The largest absolute Gasteiger partial charge is 0.756 e. The Labute approximate surface area is 588 Å². The van der Waals surface area contributed by atoms with Gasteiger partial charge < -0.3 is 27.9 Å². The van der Waals surface area contributed by atoms with E-state index in [2.05, 4.69) is 13.8 Å². The average molecular weight is 1350 g/mol. The Hall–Kier alpha value is -0.990. The first kappa shape index (κ1) is 93.0. The van der Waals surface area contributed by atoms with Gasteiger partial charge in [0.2, 0.25) is 0 Å². The van der Waals surface area contributed by atoms with Gasteiger partial charge in [-0.3, -0.25) is 14.2 Å². The second kappa shape index (κ2) is 76.2. The van der Waals surface area contributed by atoms with Crippen molar-refractivity contribution in [2.24, 2.45) is 0 Å². The Morgan fingerprint density at radius 2 is 0.479 bits per heavy atom. The first-order valence-corrected chi connectivity index (χ1v) is 44.2. The number of phosphoric acid groups is 1. The molecule has 9 nitrogen and oxygen atoms in total. The number of carbonyl (C=O) groups excluding carboxylic acids is 2. The summed E-state index contributed by atoms with van der Waals surface area (Å²) in [5.41, 5.74) is 0. The average Bonchev–Trinajstić information content (AvgIpc) is 2.35. The van der Waals surface area contributed by atoms with Gasteiger partial charge in [0.05, 0.1) is 27.7 Å². The van der Waals surface area contributed by atoms with Crippen LogP contribution in [0.4, 0.5) is 0 Å². The molecule has 0 aliphatic heterocycles. The topological polar surface area (TPSA) is 111 Å². The van der Waals surface area contributed by atoms with Gasteiger partial charge in [-0.2, -0.15) is 0 Å². The van der Waals surface area contributed by atoms with Crippen molar-refractivity contribution in [3.63, 3.8) is 0 Å². The highest BCUT2D eigenvalue weighted by Crippen LogP contribution is 2.38. The lowest BCUT2D eigenvalue weighted by Crippen LogP contribution is -2.37. The summed E-state index contributed by atoms with van der Waals surface area (Å²) in [6.45, 7) is 4.36. The molecule has 0 radical (unpaired) electrons. The zero-order chi connectivity index (χ0) is 68.3. The lowest BCUT2D eigenvalue weighted by atomic mass is 10.0. The van der Waals surface area contributed by atoms with Gasteiger partial charge in [0.25, 0.3) is 7.82 Å². The van der Waals surface area contributed by atoms with Crippen LogP contribution in [0.25, 0.3) is 0 Å². The second-order valence-electron chi connectivity index (χ2n) is 30.9. The zero-order valence-corrected chi connectivity index (χ0v) is 65.4. The second-order valence-corrected chi connectivity index (χ2v) is 32.3. The van der Waals surface area contributed by atoms with Crippen molar-refractivity contribution < 1.29 is 42.1 Å². The number of quaternary nitrogens is 1. The predicted molar refractivity (Wildman–Crippen MR) is 407 cm³/mol. The molecule has 0 fully saturated rings. The fraction of sp³-hybridized carbons (Fsp3) is 0.976. The summed E-state index contributed by atoms with van der Waals surface area (Å²) in [5.74, 6) is -0.799. The van der Waals surface area contributed by atoms with E-state index in [1.165, 1.54) is 411 Å². The molecule has 0 aliphatic rings. The highest BCUT2D eigenvalue weighted by atomic mass is 31.2. The number of likely N-dealkylation sites (N-methyl/N-ethyl adjacent to an activating group) is 1. The Morgan fingerprint density at radius 1 is 0.287 bits per heavy atom. The molecule has 0 rings (SSSR count). The fourth-order valence-electron chi connectivity index (χ4n) is 13.6. The lowest BCUT2D eigenvalue weighted by Gasteiger charge is -2.28. The minimum Gasteiger partial charge on any atom is -0.756 e. The number of rotatable bonds is 82. The Bertz CT molecular complexity index is 1540. The van der Waals surface area contributed by atoms with E-state index >= 15 is 0 Å². The van der Waals surface area contributed by atoms with Gasteiger partial charge >= 0.3 is 11.9 Å². The number of hydrogen-bond acceptors (Lipinski definition) is 8. The number of ether oxygens (including phenoxy) is 2. The standard InChI is InChI=1S/C84H168NO8P/c1-6-8-10-12-14-16-18-20-22-24-26-28-30-32-34-36-38-40-42-44-46-48-50-52-54-56-58-60-62-64-66-68-70-72-74-76-83(86)90-80-82(81-92-94(88,89)91-79-78-85(3,4)5)93-84(87)77-75-73-71-69-67-65-63-61-59-57-55-53-51-49-47-45-43-41-39-37-35-33-31-29-27-25-23-21-19-17-15-13-11-9-7-2/h82H,6-81H2,1-5H3/t82-/m1/s1. The normalized spacial score (nSPS) is 12.9. The molecule has 0 aliphatic carbocycles. The Kier molecular flexibility index (Phi) is 75.4. The van der Waals surface area contributed by atoms with Crippen LogP contribution in [-0.2, 0) is 32.7 Å². The van der Waals surface area contributed by atoms with Crippen molar-refractivity contribution in [1.29, 1.82) is 0 Å². The van der Waals surface area contributed by atoms with Gasteiger partial charge in [0.15, 0.2) is 6.10 Å². The molecular weight excluding hydrogens is 1180 g/mol. The van der Waals surface area contributed by atoms with Gasteiger partial charge in [-0.1, -0.05) is 450 Å².